The smallest absolute Gasteiger partial charge is 0.124 e. The second-order valence-electron chi connectivity index (χ2n) is 4.57. The molecule has 0 aliphatic carbocycles. The molecule has 0 heterocycles. The zero-order chi connectivity index (χ0) is 13.8. The minimum Gasteiger partial charge on any atom is -0.496 e. The second-order valence-corrected chi connectivity index (χ2v) is 4.98. The fraction of sp³-hybridized carbons (Fsp3) is 0.250. The number of hydrogen-bond donors (Lipinski definition) is 1. The van der Waals surface area contributed by atoms with Crippen molar-refractivity contribution in [3.05, 3.63) is 58.6 Å². The third-order valence-corrected chi connectivity index (χ3v) is 3.57. The quantitative estimate of drug-likeness (QED) is 0.863. The van der Waals surface area contributed by atoms with Crippen molar-refractivity contribution in [2.45, 2.75) is 19.9 Å². The van der Waals surface area contributed by atoms with E-state index < -0.39 is 0 Å². The molecule has 2 aromatic carbocycles. The number of rotatable bonds is 4. The van der Waals surface area contributed by atoms with E-state index in [1.165, 1.54) is 0 Å². The minimum absolute atomic E-state index is 0.148. The highest BCUT2D eigenvalue weighted by Crippen LogP contribution is 2.28. The van der Waals surface area contributed by atoms with Crippen LogP contribution in [-0.4, -0.2) is 7.11 Å². The summed E-state index contributed by atoms with van der Waals surface area (Å²) < 4.78 is 5.38. The molecule has 19 heavy (non-hydrogen) atoms. The number of para-hydroxylation sites is 1. The van der Waals surface area contributed by atoms with Crippen LogP contribution < -0.4 is 10.1 Å². The van der Waals surface area contributed by atoms with Crippen LogP contribution in [0.2, 0.25) is 5.02 Å². The number of hydrogen-bond acceptors (Lipinski definition) is 2. The van der Waals surface area contributed by atoms with Crippen molar-refractivity contribution < 1.29 is 4.74 Å². The summed E-state index contributed by atoms with van der Waals surface area (Å²) in [4.78, 5) is 0. The molecule has 0 saturated heterocycles. The Bertz CT molecular complexity index is 568. The number of anilines is 1. The Morgan fingerprint density at radius 3 is 2.58 bits per heavy atom. The third kappa shape index (κ3) is 3.21. The molecule has 2 rings (SSSR count). The number of nitrogens with one attached hydrogen (secondary N) is 1. The molecular formula is C16H18ClNO. The van der Waals surface area contributed by atoms with Crippen molar-refractivity contribution in [1.82, 2.24) is 0 Å². The topological polar surface area (TPSA) is 21.3 Å². The van der Waals surface area contributed by atoms with E-state index in [1.54, 1.807) is 7.11 Å². The summed E-state index contributed by atoms with van der Waals surface area (Å²) in [6.45, 7) is 4.10. The molecule has 0 spiro atoms. The molecule has 2 aromatic rings. The highest BCUT2D eigenvalue weighted by Gasteiger charge is 2.10. The van der Waals surface area contributed by atoms with Gasteiger partial charge >= 0.3 is 0 Å². The van der Waals surface area contributed by atoms with Crippen LogP contribution in [0.15, 0.2) is 42.5 Å². The van der Waals surface area contributed by atoms with Crippen LogP contribution in [0, 0.1) is 6.92 Å². The van der Waals surface area contributed by atoms with E-state index in [0.717, 1.165) is 27.6 Å². The summed E-state index contributed by atoms with van der Waals surface area (Å²) in [7, 11) is 1.69. The van der Waals surface area contributed by atoms with Gasteiger partial charge in [-0.15, -0.1) is 0 Å². The van der Waals surface area contributed by atoms with Gasteiger partial charge in [0.1, 0.15) is 5.75 Å². The molecule has 0 fully saturated rings. The van der Waals surface area contributed by atoms with E-state index >= 15 is 0 Å². The summed E-state index contributed by atoms with van der Waals surface area (Å²) in [5, 5.41) is 4.21. The van der Waals surface area contributed by atoms with Gasteiger partial charge in [0.05, 0.1) is 13.2 Å². The van der Waals surface area contributed by atoms with Crippen LogP contribution in [0.4, 0.5) is 5.69 Å². The van der Waals surface area contributed by atoms with Crippen molar-refractivity contribution in [2.24, 2.45) is 0 Å². The Kier molecular flexibility index (Phi) is 4.33. The number of benzene rings is 2. The molecule has 100 valence electrons. The lowest BCUT2D eigenvalue weighted by atomic mass is 10.1. The predicted octanol–water partition coefficient (Wildman–Crippen LogP) is 4.83. The van der Waals surface area contributed by atoms with E-state index in [0.29, 0.717) is 0 Å². The molecule has 2 nitrogen and oxygen atoms in total. The van der Waals surface area contributed by atoms with E-state index in [-0.39, 0.29) is 6.04 Å². The van der Waals surface area contributed by atoms with Crippen LogP contribution in [0.3, 0.4) is 0 Å². The van der Waals surface area contributed by atoms with E-state index in [9.17, 15) is 0 Å². The van der Waals surface area contributed by atoms with Gasteiger partial charge < -0.3 is 10.1 Å². The van der Waals surface area contributed by atoms with Gasteiger partial charge in [0.2, 0.25) is 0 Å². The van der Waals surface area contributed by atoms with Crippen LogP contribution >= 0.6 is 11.6 Å². The first-order valence-electron chi connectivity index (χ1n) is 6.27. The number of halogens is 1. The average Bonchev–Trinajstić information content (AvgIpc) is 2.43. The minimum atomic E-state index is 0.148. The van der Waals surface area contributed by atoms with Crippen molar-refractivity contribution in [3.8, 4) is 5.75 Å². The Morgan fingerprint density at radius 2 is 1.89 bits per heavy atom. The van der Waals surface area contributed by atoms with Crippen LogP contribution in [0.5, 0.6) is 5.75 Å². The number of methoxy groups -OCH3 is 1. The monoisotopic (exact) mass is 275 g/mol. The zero-order valence-electron chi connectivity index (χ0n) is 11.4. The molecule has 3 heteroatoms. The SMILES string of the molecule is COc1ccccc1C(C)Nc1ccc(C)c(Cl)c1. The number of aryl methyl sites for hydroxylation is 1. The summed E-state index contributed by atoms with van der Waals surface area (Å²) in [6, 6.07) is 14.2. The molecule has 0 aromatic heterocycles. The zero-order valence-corrected chi connectivity index (χ0v) is 12.2. The fourth-order valence-electron chi connectivity index (χ4n) is 2.03. The first-order chi connectivity index (χ1) is 9.11. The maximum absolute atomic E-state index is 6.14. The molecule has 0 radical (unpaired) electrons. The molecule has 1 atom stereocenters. The lowest BCUT2D eigenvalue weighted by Gasteiger charge is -2.18. The van der Waals surface area contributed by atoms with Crippen molar-refractivity contribution in [2.75, 3.05) is 12.4 Å². The van der Waals surface area contributed by atoms with E-state index in [4.69, 9.17) is 16.3 Å². The van der Waals surface area contributed by atoms with Gasteiger partial charge in [0.15, 0.2) is 0 Å². The maximum Gasteiger partial charge on any atom is 0.124 e. The molecule has 0 aliphatic heterocycles. The summed E-state index contributed by atoms with van der Waals surface area (Å²) >= 11 is 6.14. The molecule has 1 unspecified atom stereocenters. The van der Waals surface area contributed by atoms with Gasteiger partial charge in [-0.1, -0.05) is 35.9 Å². The molecular weight excluding hydrogens is 258 g/mol. The predicted molar refractivity (Wildman–Crippen MR) is 81.2 cm³/mol. The largest absolute Gasteiger partial charge is 0.496 e. The Balaban J connectivity index is 2.20. The summed E-state index contributed by atoms with van der Waals surface area (Å²) in [5.74, 6) is 0.890. The fourth-order valence-corrected chi connectivity index (χ4v) is 2.22. The van der Waals surface area contributed by atoms with Crippen LogP contribution in [0.1, 0.15) is 24.1 Å². The van der Waals surface area contributed by atoms with E-state index in [2.05, 4.69) is 18.3 Å². The second kappa shape index (κ2) is 5.98. The Hall–Kier alpha value is -1.67. The average molecular weight is 276 g/mol. The van der Waals surface area contributed by atoms with Gasteiger partial charge in [0, 0.05) is 16.3 Å². The van der Waals surface area contributed by atoms with E-state index in [1.807, 2.05) is 43.3 Å². The lowest BCUT2D eigenvalue weighted by Crippen LogP contribution is -2.08. The van der Waals surface area contributed by atoms with Crippen molar-refractivity contribution in [3.63, 3.8) is 0 Å². The first-order valence-corrected chi connectivity index (χ1v) is 6.65. The Morgan fingerprint density at radius 1 is 1.16 bits per heavy atom. The summed E-state index contributed by atoms with van der Waals surface area (Å²) in [6.07, 6.45) is 0. The third-order valence-electron chi connectivity index (χ3n) is 3.16. The molecule has 0 bridgehead atoms. The summed E-state index contributed by atoms with van der Waals surface area (Å²) in [5.41, 5.74) is 3.22. The highest BCUT2D eigenvalue weighted by molar-refractivity contribution is 6.31. The molecule has 0 amide bonds. The molecule has 1 N–H and O–H groups in total. The van der Waals surface area contributed by atoms with Crippen LogP contribution in [0.25, 0.3) is 0 Å². The van der Waals surface area contributed by atoms with Crippen LogP contribution in [-0.2, 0) is 0 Å². The Labute approximate surface area is 119 Å². The first kappa shape index (κ1) is 13.8. The molecule has 0 aliphatic rings. The van der Waals surface area contributed by atoms with Crippen molar-refractivity contribution >= 4 is 17.3 Å². The molecule has 0 saturated carbocycles. The maximum atomic E-state index is 6.14. The standard InChI is InChI=1S/C16H18ClNO/c1-11-8-9-13(10-15(11)17)18-12(2)14-6-4-5-7-16(14)19-3/h4-10,12,18H,1-3H3. The number of ether oxygens (including phenoxy) is 1. The van der Waals surface area contributed by atoms with Gasteiger partial charge in [-0.05, 0) is 37.6 Å². The lowest BCUT2D eigenvalue weighted by molar-refractivity contribution is 0.408. The van der Waals surface area contributed by atoms with Gasteiger partial charge in [0.25, 0.3) is 0 Å². The normalized spacial score (nSPS) is 12.0. The highest BCUT2D eigenvalue weighted by atomic mass is 35.5. The van der Waals surface area contributed by atoms with Crippen molar-refractivity contribution in [1.29, 1.82) is 0 Å². The van der Waals surface area contributed by atoms with Gasteiger partial charge in [-0.25, -0.2) is 0 Å². The van der Waals surface area contributed by atoms with Gasteiger partial charge in [-0.3, -0.25) is 0 Å². The van der Waals surface area contributed by atoms with Gasteiger partial charge in [-0.2, -0.15) is 0 Å².